The summed E-state index contributed by atoms with van der Waals surface area (Å²) in [4.78, 5) is 24.5. The summed E-state index contributed by atoms with van der Waals surface area (Å²) >= 11 is 9.39. The number of methoxy groups -OCH3 is 1. The summed E-state index contributed by atoms with van der Waals surface area (Å²) in [7, 11) is 1.41. The van der Waals surface area contributed by atoms with Crippen LogP contribution in [0.1, 0.15) is 22.0 Å². The molecule has 26 heavy (non-hydrogen) atoms. The number of alkyl halides is 1. The zero-order valence-corrected chi connectivity index (χ0v) is 15.9. The third kappa shape index (κ3) is 3.17. The molecule has 7 nitrogen and oxygen atoms in total. The van der Waals surface area contributed by atoms with Crippen molar-refractivity contribution in [1.82, 2.24) is 10.4 Å². The molecule has 9 heteroatoms. The van der Waals surface area contributed by atoms with E-state index in [1.807, 2.05) is 0 Å². The number of nitrogens with one attached hydrogen (secondary N) is 1. The van der Waals surface area contributed by atoms with Crippen molar-refractivity contribution in [3.05, 3.63) is 52.0 Å². The smallest absolute Gasteiger partial charge is 0.269 e. The van der Waals surface area contributed by atoms with E-state index in [4.69, 9.17) is 22.1 Å². The number of hydrazine groups is 1. The first-order chi connectivity index (χ1) is 12.3. The van der Waals surface area contributed by atoms with E-state index in [2.05, 4.69) is 21.4 Å². The summed E-state index contributed by atoms with van der Waals surface area (Å²) in [5, 5.41) is 10.2. The summed E-state index contributed by atoms with van der Waals surface area (Å²) in [6, 6.07) is 8.88. The molecule has 4 N–H and O–H groups in total. The predicted octanol–water partition coefficient (Wildman–Crippen LogP) is 2.58. The standard InChI is InChI=1S/C17H15BrClN3O4/c1-26-12-7-9(6-11(18)15(12)23)14-13(19)17(25)22(14)21-16(24)8-2-4-10(20)5-3-8/h2-7,13-14,23H,20H2,1H3,(H,21,24)/t13-,14-/m1/s1. The van der Waals surface area contributed by atoms with Gasteiger partial charge in [0, 0.05) is 11.3 Å². The molecule has 0 bridgehead atoms. The van der Waals surface area contributed by atoms with E-state index in [9.17, 15) is 14.7 Å². The van der Waals surface area contributed by atoms with E-state index in [1.165, 1.54) is 7.11 Å². The molecule has 0 aliphatic carbocycles. The Bertz CT molecular complexity index is 875. The molecule has 0 radical (unpaired) electrons. The number of rotatable bonds is 4. The van der Waals surface area contributed by atoms with Gasteiger partial charge in [-0.05, 0) is 57.9 Å². The molecular formula is C17H15BrClN3O4. The first kappa shape index (κ1) is 18.3. The first-order valence-corrected chi connectivity index (χ1v) is 8.76. The fourth-order valence-electron chi connectivity index (χ4n) is 2.63. The molecule has 0 saturated carbocycles. The highest BCUT2D eigenvalue weighted by Crippen LogP contribution is 2.43. The molecule has 2 aromatic carbocycles. The summed E-state index contributed by atoms with van der Waals surface area (Å²) in [6.07, 6.45) is 0. The number of halogens is 2. The van der Waals surface area contributed by atoms with Crippen molar-refractivity contribution < 1.29 is 19.4 Å². The average molecular weight is 441 g/mol. The van der Waals surface area contributed by atoms with Crippen LogP contribution in [0.3, 0.4) is 0 Å². The Labute approximate surface area is 162 Å². The van der Waals surface area contributed by atoms with Crippen molar-refractivity contribution in [3.8, 4) is 11.5 Å². The number of nitrogens with two attached hydrogens (primary N) is 1. The summed E-state index contributed by atoms with van der Waals surface area (Å²) < 4.78 is 5.51. The van der Waals surface area contributed by atoms with Crippen LogP contribution in [-0.2, 0) is 4.79 Å². The van der Waals surface area contributed by atoms with Crippen LogP contribution in [0.25, 0.3) is 0 Å². The molecular weight excluding hydrogens is 426 g/mol. The third-order valence-electron chi connectivity index (χ3n) is 4.04. The van der Waals surface area contributed by atoms with Gasteiger partial charge in [0.15, 0.2) is 11.5 Å². The zero-order chi connectivity index (χ0) is 19.0. The Morgan fingerprint density at radius 1 is 1.35 bits per heavy atom. The molecule has 3 rings (SSSR count). The molecule has 2 amide bonds. The van der Waals surface area contributed by atoms with Gasteiger partial charge < -0.3 is 15.6 Å². The quantitative estimate of drug-likeness (QED) is 0.385. The highest BCUT2D eigenvalue weighted by atomic mass is 79.9. The Balaban J connectivity index is 1.86. The number of hydrogen-bond acceptors (Lipinski definition) is 5. The molecule has 0 aromatic heterocycles. The van der Waals surface area contributed by atoms with Crippen molar-refractivity contribution in [2.24, 2.45) is 0 Å². The SMILES string of the molecule is COc1cc([C@@H]2[C@@H](Cl)C(=O)N2NC(=O)c2ccc(N)cc2)cc(Br)c1O. The maximum atomic E-state index is 12.4. The van der Waals surface area contributed by atoms with Crippen LogP contribution in [0.5, 0.6) is 11.5 Å². The number of phenolic OH excluding ortho intramolecular Hbond substituents is 1. The number of hydrogen-bond donors (Lipinski definition) is 3. The van der Waals surface area contributed by atoms with Gasteiger partial charge in [0.1, 0.15) is 11.4 Å². The lowest BCUT2D eigenvalue weighted by molar-refractivity contribution is -0.149. The van der Waals surface area contributed by atoms with Gasteiger partial charge in [-0.1, -0.05) is 0 Å². The molecule has 1 fully saturated rings. The summed E-state index contributed by atoms with van der Waals surface area (Å²) in [5.74, 6) is -0.728. The molecule has 1 aliphatic rings. The van der Waals surface area contributed by atoms with Gasteiger partial charge in [0.2, 0.25) is 0 Å². The van der Waals surface area contributed by atoms with Crippen LogP contribution in [0, 0.1) is 0 Å². The predicted molar refractivity (Wildman–Crippen MR) is 99.9 cm³/mol. The van der Waals surface area contributed by atoms with Gasteiger partial charge in [-0.2, -0.15) is 0 Å². The van der Waals surface area contributed by atoms with Crippen LogP contribution in [0.4, 0.5) is 5.69 Å². The minimum absolute atomic E-state index is 0.0644. The van der Waals surface area contributed by atoms with E-state index in [0.29, 0.717) is 21.3 Å². The Morgan fingerprint density at radius 3 is 2.62 bits per heavy atom. The van der Waals surface area contributed by atoms with Gasteiger partial charge in [0.05, 0.1) is 11.6 Å². The van der Waals surface area contributed by atoms with Crippen molar-refractivity contribution in [1.29, 1.82) is 0 Å². The fourth-order valence-corrected chi connectivity index (χ4v) is 3.45. The number of anilines is 1. The molecule has 2 atom stereocenters. The lowest BCUT2D eigenvalue weighted by Gasteiger charge is -2.44. The van der Waals surface area contributed by atoms with Crippen LogP contribution in [0.15, 0.2) is 40.9 Å². The normalized spacial score (nSPS) is 19.0. The van der Waals surface area contributed by atoms with Crippen LogP contribution >= 0.6 is 27.5 Å². The van der Waals surface area contributed by atoms with Gasteiger partial charge in [-0.15, -0.1) is 11.6 Å². The Kier molecular flexibility index (Phi) is 4.97. The number of carbonyl (C=O) groups excluding carboxylic acids is 2. The van der Waals surface area contributed by atoms with Crippen LogP contribution < -0.4 is 15.9 Å². The molecule has 0 unspecified atom stereocenters. The Morgan fingerprint density at radius 2 is 2.00 bits per heavy atom. The number of benzene rings is 2. The molecule has 2 aromatic rings. The topological polar surface area (TPSA) is 105 Å². The lowest BCUT2D eigenvalue weighted by atomic mass is 9.95. The Hall–Kier alpha value is -2.45. The van der Waals surface area contributed by atoms with E-state index in [-0.39, 0.29) is 11.5 Å². The highest BCUT2D eigenvalue weighted by Gasteiger charge is 2.48. The highest BCUT2D eigenvalue weighted by molar-refractivity contribution is 9.10. The second-order valence-electron chi connectivity index (χ2n) is 5.67. The number of nitrogen functional groups attached to an aromatic ring is 1. The zero-order valence-electron chi connectivity index (χ0n) is 13.6. The number of amides is 2. The van der Waals surface area contributed by atoms with Crippen molar-refractivity contribution in [3.63, 3.8) is 0 Å². The maximum absolute atomic E-state index is 12.4. The molecule has 1 saturated heterocycles. The molecule has 136 valence electrons. The largest absolute Gasteiger partial charge is 0.503 e. The average Bonchev–Trinajstić information content (AvgIpc) is 2.63. The first-order valence-electron chi connectivity index (χ1n) is 7.53. The lowest BCUT2D eigenvalue weighted by Crippen LogP contribution is -2.63. The number of ether oxygens (including phenoxy) is 1. The number of aromatic hydroxyl groups is 1. The van der Waals surface area contributed by atoms with Crippen LogP contribution in [0.2, 0.25) is 0 Å². The summed E-state index contributed by atoms with van der Waals surface area (Å²) in [5.41, 5.74) is 9.64. The van der Waals surface area contributed by atoms with Crippen molar-refractivity contribution >= 4 is 45.0 Å². The monoisotopic (exact) mass is 439 g/mol. The van der Waals surface area contributed by atoms with Gasteiger partial charge in [0.25, 0.3) is 11.8 Å². The second-order valence-corrected chi connectivity index (χ2v) is 7.00. The summed E-state index contributed by atoms with van der Waals surface area (Å²) in [6.45, 7) is 0. The van der Waals surface area contributed by atoms with E-state index < -0.39 is 23.2 Å². The van der Waals surface area contributed by atoms with Gasteiger partial charge >= 0.3 is 0 Å². The van der Waals surface area contributed by atoms with E-state index >= 15 is 0 Å². The minimum Gasteiger partial charge on any atom is -0.503 e. The minimum atomic E-state index is -0.845. The number of phenols is 1. The number of carbonyl (C=O) groups is 2. The van der Waals surface area contributed by atoms with Crippen molar-refractivity contribution in [2.75, 3.05) is 12.8 Å². The van der Waals surface area contributed by atoms with Gasteiger partial charge in [-0.25, -0.2) is 5.01 Å². The van der Waals surface area contributed by atoms with E-state index in [1.54, 1.807) is 36.4 Å². The van der Waals surface area contributed by atoms with E-state index in [0.717, 1.165) is 5.01 Å². The number of nitrogens with zero attached hydrogens (tertiary/aromatic N) is 1. The van der Waals surface area contributed by atoms with Crippen LogP contribution in [-0.4, -0.2) is 34.4 Å². The second kappa shape index (κ2) is 7.05. The fraction of sp³-hybridized carbons (Fsp3) is 0.176. The maximum Gasteiger partial charge on any atom is 0.269 e. The van der Waals surface area contributed by atoms with Gasteiger partial charge in [-0.3, -0.25) is 15.0 Å². The molecule has 1 aliphatic heterocycles. The third-order valence-corrected chi connectivity index (χ3v) is 5.07. The molecule has 1 heterocycles. The molecule has 0 spiro atoms. The number of β-lactam (4-membered cyclic amide) rings is 1. The van der Waals surface area contributed by atoms with Crippen molar-refractivity contribution in [2.45, 2.75) is 11.4 Å².